The maximum Gasteiger partial charge on any atom is 0.254 e. The van der Waals surface area contributed by atoms with Gasteiger partial charge in [0.05, 0.1) is 14.7 Å². The number of nitrogens with zero attached hydrogens (tertiary/aromatic N) is 2. The van der Waals surface area contributed by atoms with Gasteiger partial charge in [0.2, 0.25) is 17.7 Å². The van der Waals surface area contributed by atoms with E-state index >= 15 is 0 Å². The molecule has 0 spiro atoms. The lowest BCUT2D eigenvalue weighted by atomic mass is 9.81. The number of rotatable bonds is 18. The molecule has 4 amide bonds. The van der Waals surface area contributed by atoms with Crippen LogP contribution in [0.2, 0.25) is 0 Å². The SMILES string of the molecule is CC(C)C[C@@](CCCCNC(=O)[C@@H]1CCCN1C(=O)c1ccccc1)(C(=O)Nc1ccccc1)N(C[PH2]=O)C(=O)CCCc1ccccc1. The van der Waals surface area contributed by atoms with Crippen molar-refractivity contribution >= 4 is 37.8 Å². The number of nitrogens with one attached hydrogen (secondary N) is 2. The number of unbranched alkanes of at least 4 members (excludes halogenated alkanes) is 1. The first-order valence-electron chi connectivity index (χ1n) is 17.5. The van der Waals surface area contributed by atoms with Gasteiger partial charge >= 0.3 is 0 Å². The Morgan fingerprint density at radius 2 is 1.55 bits per heavy atom. The van der Waals surface area contributed by atoms with Crippen molar-refractivity contribution in [1.29, 1.82) is 0 Å². The van der Waals surface area contributed by atoms with Gasteiger partial charge in [-0.2, -0.15) is 0 Å². The van der Waals surface area contributed by atoms with Gasteiger partial charge < -0.3 is 25.0 Å². The van der Waals surface area contributed by atoms with Crippen LogP contribution in [0.25, 0.3) is 0 Å². The molecule has 3 atom stereocenters. The lowest BCUT2D eigenvalue weighted by Crippen LogP contribution is -2.59. The molecule has 0 bridgehead atoms. The summed E-state index contributed by atoms with van der Waals surface area (Å²) in [5, 5.41) is 6.07. The molecule has 1 unspecified atom stereocenters. The van der Waals surface area contributed by atoms with Gasteiger partial charge in [-0.3, -0.25) is 19.2 Å². The Bertz CT molecular complexity index is 1520. The first-order valence-corrected chi connectivity index (χ1v) is 18.8. The van der Waals surface area contributed by atoms with Gasteiger partial charge in [-0.05, 0) is 87.1 Å². The zero-order valence-electron chi connectivity index (χ0n) is 28.8. The number of benzene rings is 3. The summed E-state index contributed by atoms with van der Waals surface area (Å²) >= 11 is 0. The second kappa shape index (κ2) is 19.1. The molecule has 1 aliphatic heterocycles. The Labute approximate surface area is 292 Å². The van der Waals surface area contributed by atoms with Gasteiger partial charge in [0.25, 0.3) is 5.91 Å². The molecule has 9 nitrogen and oxygen atoms in total. The van der Waals surface area contributed by atoms with Gasteiger partial charge in [-0.25, -0.2) is 0 Å². The Kier molecular flexibility index (Phi) is 14.6. The van der Waals surface area contributed by atoms with Gasteiger partial charge in [0, 0.05) is 30.8 Å². The Hall–Kier alpha value is -4.23. The normalized spacial score (nSPS) is 15.7. The third-order valence-electron chi connectivity index (χ3n) is 9.13. The van der Waals surface area contributed by atoms with E-state index in [1.54, 1.807) is 21.9 Å². The lowest BCUT2D eigenvalue weighted by Gasteiger charge is -2.43. The molecule has 49 heavy (non-hydrogen) atoms. The second-order valence-corrected chi connectivity index (χ2v) is 13.9. The molecule has 2 N–H and O–H groups in total. The van der Waals surface area contributed by atoms with Gasteiger partial charge in [0.1, 0.15) is 11.6 Å². The molecule has 1 aliphatic rings. The van der Waals surface area contributed by atoms with Crippen molar-refractivity contribution in [2.24, 2.45) is 5.92 Å². The van der Waals surface area contributed by atoms with Crippen LogP contribution in [0.3, 0.4) is 0 Å². The summed E-state index contributed by atoms with van der Waals surface area (Å²) in [6.45, 7) is 4.96. The summed E-state index contributed by atoms with van der Waals surface area (Å²) in [4.78, 5) is 57.9. The molecule has 1 fully saturated rings. The fourth-order valence-corrected chi connectivity index (χ4v) is 7.54. The molecule has 0 aliphatic carbocycles. The second-order valence-electron chi connectivity index (χ2n) is 13.2. The molecule has 0 aromatic heterocycles. The smallest absolute Gasteiger partial charge is 0.254 e. The van der Waals surface area contributed by atoms with Crippen LogP contribution in [0.4, 0.5) is 5.69 Å². The highest BCUT2D eigenvalue weighted by molar-refractivity contribution is 7.23. The molecule has 262 valence electrons. The summed E-state index contributed by atoms with van der Waals surface area (Å²) in [6.07, 6.45) is 4.85. The molecule has 0 radical (unpaired) electrons. The van der Waals surface area contributed by atoms with E-state index in [0.717, 1.165) is 18.4 Å². The van der Waals surface area contributed by atoms with E-state index in [1.165, 1.54) is 0 Å². The van der Waals surface area contributed by atoms with Crippen LogP contribution in [-0.2, 0) is 25.4 Å². The number of carbonyl (C=O) groups excluding carboxylic acids is 4. The van der Waals surface area contributed by atoms with Gasteiger partial charge in [0.15, 0.2) is 0 Å². The Morgan fingerprint density at radius 3 is 2.20 bits per heavy atom. The van der Waals surface area contributed by atoms with E-state index in [0.29, 0.717) is 62.9 Å². The zero-order valence-corrected chi connectivity index (χ0v) is 30.0. The number of carbonyl (C=O) groups is 4. The Morgan fingerprint density at radius 1 is 0.898 bits per heavy atom. The van der Waals surface area contributed by atoms with Crippen LogP contribution < -0.4 is 10.6 Å². The molecular formula is C39H51N4O5P. The first-order chi connectivity index (χ1) is 23.7. The first kappa shape index (κ1) is 37.6. The van der Waals surface area contributed by atoms with Crippen molar-refractivity contribution in [3.63, 3.8) is 0 Å². The van der Waals surface area contributed by atoms with E-state index in [9.17, 15) is 23.7 Å². The summed E-state index contributed by atoms with van der Waals surface area (Å²) < 4.78 is 12.3. The molecule has 1 saturated heterocycles. The summed E-state index contributed by atoms with van der Waals surface area (Å²) in [7, 11) is -1.32. The molecular weight excluding hydrogens is 635 g/mol. The summed E-state index contributed by atoms with van der Waals surface area (Å²) in [6, 6.07) is 27.6. The third kappa shape index (κ3) is 10.6. The summed E-state index contributed by atoms with van der Waals surface area (Å²) in [5.74, 6) is -0.724. The maximum absolute atomic E-state index is 14.3. The highest BCUT2D eigenvalue weighted by atomic mass is 31.1. The summed E-state index contributed by atoms with van der Waals surface area (Å²) in [5.41, 5.74) is 1.11. The number of likely N-dealkylation sites (tertiary alicyclic amines) is 1. The van der Waals surface area contributed by atoms with Crippen molar-refractivity contribution in [3.05, 3.63) is 102 Å². The monoisotopic (exact) mass is 686 g/mol. The van der Waals surface area contributed by atoms with Crippen molar-refractivity contribution in [2.45, 2.75) is 83.2 Å². The van der Waals surface area contributed by atoms with E-state index in [1.807, 2.05) is 92.7 Å². The number of aryl methyl sites for hydroxylation is 1. The van der Waals surface area contributed by atoms with Gasteiger partial charge in [-0.1, -0.05) is 80.6 Å². The fourth-order valence-electron chi connectivity index (χ4n) is 6.83. The molecule has 3 aromatic carbocycles. The minimum absolute atomic E-state index is 0.0167. The Balaban J connectivity index is 1.46. The fraction of sp³-hybridized carbons (Fsp3) is 0.436. The average Bonchev–Trinajstić information content (AvgIpc) is 3.61. The predicted molar refractivity (Wildman–Crippen MR) is 196 cm³/mol. The zero-order chi connectivity index (χ0) is 35.1. The van der Waals surface area contributed by atoms with E-state index in [-0.39, 0.29) is 42.3 Å². The predicted octanol–water partition coefficient (Wildman–Crippen LogP) is 6.57. The molecule has 1 heterocycles. The number of anilines is 1. The highest BCUT2D eigenvalue weighted by Crippen LogP contribution is 2.34. The van der Waals surface area contributed by atoms with Crippen LogP contribution in [0.15, 0.2) is 91.0 Å². The van der Waals surface area contributed by atoms with Crippen LogP contribution in [0, 0.1) is 5.92 Å². The van der Waals surface area contributed by atoms with Crippen LogP contribution in [0.5, 0.6) is 0 Å². The van der Waals surface area contributed by atoms with Crippen molar-refractivity contribution in [3.8, 4) is 0 Å². The largest absolute Gasteiger partial charge is 0.354 e. The van der Waals surface area contributed by atoms with Crippen LogP contribution in [-0.4, -0.2) is 64.4 Å². The molecule has 4 rings (SSSR count). The number of hydrogen-bond acceptors (Lipinski definition) is 5. The van der Waals surface area contributed by atoms with Gasteiger partial charge in [-0.15, -0.1) is 0 Å². The van der Waals surface area contributed by atoms with Crippen molar-refractivity contribution < 1.29 is 23.7 Å². The maximum atomic E-state index is 14.3. The van der Waals surface area contributed by atoms with Crippen LogP contribution in [0.1, 0.15) is 81.1 Å². The topological polar surface area (TPSA) is 116 Å². The quantitative estimate of drug-likeness (QED) is 0.116. The van der Waals surface area contributed by atoms with E-state index in [2.05, 4.69) is 10.6 Å². The van der Waals surface area contributed by atoms with Crippen molar-refractivity contribution in [2.75, 3.05) is 24.7 Å². The standard InChI is InChI=1S/C39H51N4O5P/c1-30(2)28-39(38(47)41-33-21-10-5-11-22-33,43(29-49-48)35(44)24-14-18-31-16-6-3-7-17-31)25-12-13-26-40-36(45)34-23-15-27-42(34)37(46)32-19-8-4-9-20-32/h3-11,16-17,19-22,30,34H,12-15,18,23-29,49H2,1-2H3,(H,40,45)(H,41,47)/t34-,39-/m0/s1. The average molecular weight is 687 g/mol. The van der Waals surface area contributed by atoms with E-state index in [4.69, 9.17) is 0 Å². The minimum Gasteiger partial charge on any atom is -0.354 e. The van der Waals surface area contributed by atoms with Crippen LogP contribution >= 0.6 is 8.46 Å². The number of para-hydroxylation sites is 1. The third-order valence-corrected chi connectivity index (χ3v) is 9.64. The molecule has 10 heteroatoms. The van der Waals surface area contributed by atoms with E-state index < -0.39 is 20.0 Å². The minimum atomic E-state index is -1.32. The van der Waals surface area contributed by atoms with Crippen molar-refractivity contribution in [1.82, 2.24) is 15.1 Å². The lowest BCUT2D eigenvalue weighted by molar-refractivity contribution is -0.146. The number of hydrogen-bond donors (Lipinski definition) is 2. The number of amides is 4. The molecule has 0 saturated carbocycles. The molecule has 3 aromatic rings. The highest BCUT2D eigenvalue weighted by Gasteiger charge is 2.46.